The van der Waals surface area contributed by atoms with E-state index in [0.29, 0.717) is 24.7 Å². The molecule has 1 aliphatic heterocycles. The minimum Gasteiger partial charge on any atom is -0.477 e. The van der Waals surface area contributed by atoms with Crippen molar-refractivity contribution < 1.29 is 14.3 Å². The molecule has 4 rings (SSSR count). The lowest BCUT2D eigenvalue weighted by Gasteiger charge is -2.35. The monoisotopic (exact) mass is 396 g/mol. The number of nitrogens with zero attached hydrogens (tertiary/aromatic N) is 3. The predicted molar refractivity (Wildman–Crippen MR) is 102 cm³/mol. The first-order valence-corrected chi connectivity index (χ1v) is 8.84. The van der Waals surface area contributed by atoms with E-state index in [0.717, 1.165) is 25.3 Å². The maximum atomic E-state index is 14.8. The molecule has 27 heavy (non-hydrogen) atoms. The molecule has 9 heteroatoms. The fourth-order valence-electron chi connectivity index (χ4n) is 3.82. The Bertz CT molecular complexity index is 950. The van der Waals surface area contributed by atoms with Crippen LogP contribution in [0, 0.1) is 11.7 Å². The minimum atomic E-state index is -1.31. The third-order valence-corrected chi connectivity index (χ3v) is 5.10. The number of hydrogen-bond donors (Lipinski definition) is 2. The van der Waals surface area contributed by atoms with Gasteiger partial charge in [-0.25, -0.2) is 14.2 Å². The molecule has 0 radical (unpaired) electrons. The van der Waals surface area contributed by atoms with Gasteiger partial charge in [-0.2, -0.15) is 0 Å². The number of carboxylic acids is 1. The van der Waals surface area contributed by atoms with Crippen LogP contribution in [-0.4, -0.2) is 39.8 Å². The van der Waals surface area contributed by atoms with Crippen LogP contribution in [0.2, 0.25) is 0 Å². The van der Waals surface area contributed by atoms with E-state index in [9.17, 15) is 19.1 Å². The van der Waals surface area contributed by atoms with Gasteiger partial charge in [0, 0.05) is 31.4 Å². The van der Waals surface area contributed by atoms with E-state index in [1.807, 2.05) is 4.90 Å². The summed E-state index contributed by atoms with van der Waals surface area (Å²) in [6, 6.07) is 1.16. The molecule has 146 valence electrons. The molecule has 1 aliphatic carbocycles. The molecule has 2 aliphatic rings. The van der Waals surface area contributed by atoms with Gasteiger partial charge in [0.25, 0.3) is 0 Å². The number of aromatic nitrogens is 2. The molecule has 0 unspecified atom stereocenters. The second kappa shape index (κ2) is 7.09. The van der Waals surface area contributed by atoms with Gasteiger partial charge in [-0.05, 0) is 31.2 Å². The summed E-state index contributed by atoms with van der Waals surface area (Å²) in [5.74, 6) is -1.44. The van der Waals surface area contributed by atoms with E-state index >= 15 is 0 Å². The predicted octanol–water partition coefficient (Wildman–Crippen LogP) is 2.16. The molecule has 1 saturated carbocycles. The van der Waals surface area contributed by atoms with E-state index < -0.39 is 17.2 Å². The first kappa shape index (κ1) is 19.6. The third kappa shape index (κ3) is 3.51. The van der Waals surface area contributed by atoms with Gasteiger partial charge in [0.2, 0.25) is 5.43 Å². The normalized spacial score (nSPS) is 22.6. The van der Waals surface area contributed by atoms with E-state index in [-0.39, 0.29) is 41.3 Å². The first-order chi connectivity index (χ1) is 12.3. The van der Waals surface area contributed by atoms with Gasteiger partial charge in [-0.3, -0.25) is 4.79 Å². The van der Waals surface area contributed by atoms with Crippen LogP contribution in [0.3, 0.4) is 0 Å². The summed E-state index contributed by atoms with van der Waals surface area (Å²) in [6.45, 7) is 3.20. The van der Waals surface area contributed by atoms with Crippen molar-refractivity contribution in [2.45, 2.75) is 38.3 Å². The lowest BCUT2D eigenvalue weighted by Crippen LogP contribution is -2.47. The van der Waals surface area contributed by atoms with Crippen LogP contribution in [0.15, 0.2) is 17.1 Å². The molecule has 0 spiro atoms. The van der Waals surface area contributed by atoms with Gasteiger partial charge in [0.05, 0.1) is 5.39 Å². The number of rotatable bonds is 3. The van der Waals surface area contributed by atoms with E-state index in [1.54, 1.807) is 4.57 Å². The SMILES string of the molecule is C[C@H]1C[C@H](N)CN(c2nc3c(cc2F)c(=O)c(C(=O)O)cn3C2CC2)C1.Cl. The average molecular weight is 397 g/mol. The Balaban J connectivity index is 0.00000210. The summed E-state index contributed by atoms with van der Waals surface area (Å²) in [5.41, 5.74) is 5.35. The number of nitrogens with two attached hydrogens (primary N) is 1. The van der Waals surface area contributed by atoms with Crippen LogP contribution in [0.4, 0.5) is 10.2 Å². The number of hydrogen-bond acceptors (Lipinski definition) is 5. The number of piperidine rings is 1. The van der Waals surface area contributed by atoms with Crippen molar-refractivity contribution in [1.29, 1.82) is 0 Å². The Morgan fingerprint density at radius 2 is 2.07 bits per heavy atom. The molecule has 2 fully saturated rings. The highest BCUT2D eigenvalue weighted by atomic mass is 35.5. The quantitative estimate of drug-likeness (QED) is 0.824. The summed E-state index contributed by atoms with van der Waals surface area (Å²) in [5, 5.41) is 9.30. The summed E-state index contributed by atoms with van der Waals surface area (Å²) < 4.78 is 16.5. The van der Waals surface area contributed by atoms with E-state index in [4.69, 9.17) is 5.73 Å². The summed E-state index contributed by atoms with van der Waals surface area (Å²) >= 11 is 0. The maximum absolute atomic E-state index is 14.8. The summed E-state index contributed by atoms with van der Waals surface area (Å²) in [6.07, 6.45) is 3.98. The van der Waals surface area contributed by atoms with Crippen LogP contribution < -0.4 is 16.1 Å². The van der Waals surface area contributed by atoms with Crippen molar-refractivity contribution in [3.63, 3.8) is 0 Å². The van der Waals surface area contributed by atoms with Crippen molar-refractivity contribution in [2.24, 2.45) is 11.7 Å². The average Bonchev–Trinajstić information content (AvgIpc) is 3.38. The number of fused-ring (bicyclic) bond motifs is 1. The number of halogens is 2. The molecule has 0 bridgehead atoms. The van der Waals surface area contributed by atoms with Gasteiger partial charge in [0.1, 0.15) is 11.2 Å². The zero-order chi connectivity index (χ0) is 18.6. The Labute approximate surface area is 161 Å². The van der Waals surface area contributed by atoms with Gasteiger partial charge < -0.3 is 20.3 Å². The Kier molecular flexibility index (Phi) is 5.14. The van der Waals surface area contributed by atoms with Gasteiger partial charge in [-0.15, -0.1) is 12.4 Å². The molecular formula is C18H22ClFN4O3. The Hall–Kier alpha value is -2.19. The third-order valence-electron chi connectivity index (χ3n) is 5.10. The molecule has 3 N–H and O–H groups in total. The lowest BCUT2D eigenvalue weighted by atomic mass is 9.96. The van der Waals surface area contributed by atoms with E-state index in [2.05, 4.69) is 11.9 Å². The lowest BCUT2D eigenvalue weighted by molar-refractivity contribution is 0.0695. The Morgan fingerprint density at radius 3 is 2.67 bits per heavy atom. The van der Waals surface area contributed by atoms with Crippen LogP contribution in [0.5, 0.6) is 0 Å². The van der Waals surface area contributed by atoms with E-state index in [1.165, 1.54) is 6.20 Å². The second-order valence-electron chi connectivity index (χ2n) is 7.49. The fourth-order valence-corrected chi connectivity index (χ4v) is 3.82. The largest absolute Gasteiger partial charge is 0.477 e. The van der Waals surface area contributed by atoms with Crippen molar-refractivity contribution in [3.05, 3.63) is 33.9 Å². The topological polar surface area (TPSA) is 101 Å². The molecule has 2 atom stereocenters. The number of carboxylic acid groups (broad SMARTS) is 1. The molecule has 3 heterocycles. The van der Waals surface area contributed by atoms with Crippen LogP contribution >= 0.6 is 12.4 Å². The molecule has 0 aromatic carbocycles. The fraction of sp³-hybridized carbons (Fsp3) is 0.500. The Morgan fingerprint density at radius 1 is 1.37 bits per heavy atom. The van der Waals surface area contributed by atoms with Crippen LogP contribution in [0.1, 0.15) is 42.6 Å². The molecule has 1 saturated heterocycles. The summed E-state index contributed by atoms with van der Waals surface area (Å²) in [4.78, 5) is 30.1. The standard InChI is InChI=1S/C18H21FN4O3.ClH/c1-9-4-10(20)7-22(6-9)17-14(19)5-12-15(24)13(18(25)26)8-23(11-2-3-11)16(12)21-17;/h5,8-11H,2-4,6-7,20H2,1H3,(H,25,26);1H/t9-,10-;/m0./s1. The smallest absolute Gasteiger partial charge is 0.341 e. The van der Waals surface area contributed by atoms with Gasteiger partial charge in [-0.1, -0.05) is 6.92 Å². The minimum absolute atomic E-state index is 0. The zero-order valence-electron chi connectivity index (χ0n) is 14.9. The highest BCUT2D eigenvalue weighted by Crippen LogP contribution is 2.37. The second-order valence-corrected chi connectivity index (χ2v) is 7.49. The molecular weight excluding hydrogens is 375 g/mol. The molecule has 7 nitrogen and oxygen atoms in total. The van der Waals surface area contributed by atoms with Crippen LogP contribution in [-0.2, 0) is 0 Å². The van der Waals surface area contributed by atoms with Crippen molar-refractivity contribution >= 4 is 35.2 Å². The molecule has 2 aromatic heterocycles. The number of anilines is 1. The van der Waals surface area contributed by atoms with Crippen molar-refractivity contribution in [1.82, 2.24) is 9.55 Å². The highest BCUT2D eigenvalue weighted by Gasteiger charge is 2.30. The van der Waals surface area contributed by atoms with Gasteiger partial charge >= 0.3 is 5.97 Å². The first-order valence-electron chi connectivity index (χ1n) is 8.84. The highest BCUT2D eigenvalue weighted by molar-refractivity contribution is 5.92. The summed E-state index contributed by atoms with van der Waals surface area (Å²) in [7, 11) is 0. The van der Waals surface area contributed by atoms with Gasteiger partial charge in [0.15, 0.2) is 11.6 Å². The zero-order valence-corrected chi connectivity index (χ0v) is 15.7. The molecule has 2 aromatic rings. The van der Waals surface area contributed by atoms with Crippen LogP contribution in [0.25, 0.3) is 11.0 Å². The number of carbonyl (C=O) groups is 1. The number of aromatic carboxylic acids is 1. The molecule has 0 amide bonds. The van der Waals surface area contributed by atoms with Crippen molar-refractivity contribution in [3.8, 4) is 0 Å². The van der Waals surface area contributed by atoms with Crippen molar-refractivity contribution in [2.75, 3.05) is 18.0 Å². The maximum Gasteiger partial charge on any atom is 0.341 e. The number of pyridine rings is 2.